The number of hydrogen-bond donors (Lipinski definition) is 1. The molecule has 0 aliphatic rings. The summed E-state index contributed by atoms with van der Waals surface area (Å²) in [6.45, 7) is 1.68. The number of carbonyl (C=O) groups is 2. The molecular weight excluding hydrogens is 344 g/mol. The SMILES string of the molecule is Cc1ccc(NC(=O)CN(C)C(=O)Cn2cnc3ccccc3c2=O)cc1. The maximum absolute atomic E-state index is 12.5. The summed E-state index contributed by atoms with van der Waals surface area (Å²) in [5.74, 6) is -0.660. The topological polar surface area (TPSA) is 84.3 Å². The van der Waals surface area contributed by atoms with Gasteiger partial charge in [-0.2, -0.15) is 0 Å². The summed E-state index contributed by atoms with van der Waals surface area (Å²) in [7, 11) is 1.52. The number of anilines is 1. The average molecular weight is 364 g/mol. The number of benzene rings is 2. The molecule has 0 radical (unpaired) electrons. The number of para-hydroxylation sites is 1. The van der Waals surface area contributed by atoms with Crippen LogP contribution in [0.1, 0.15) is 5.56 Å². The molecule has 0 atom stereocenters. The van der Waals surface area contributed by atoms with Gasteiger partial charge in [-0.25, -0.2) is 4.98 Å². The molecule has 0 bridgehead atoms. The predicted octanol–water partition coefficient (Wildman–Crippen LogP) is 1.80. The first-order chi connectivity index (χ1) is 12.9. The van der Waals surface area contributed by atoms with Crippen molar-refractivity contribution in [3.63, 3.8) is 0 Å². The molecule has 0 aliphatic carbocycles. The van der Waals surface area contributed by atoms with E-state index in [-0.39, 0.29) is 30.5 Å². The van der Waals surface area contributed by atoms with Crippen LogP contribution in [0.25, 0.3) is 10.9 Å². The molecule has 2 amide bonds. The Morgan fingerprint density at radius 3 is 2.56 bits per heavy atom. The van der Waals surface area contributed by atoms with Crippen LogP contribution in [-0.2, 0) is 16.1 Å². The highest BCUT2D eigenvalue weighted by atomic mass is 16.2. The number of nitrogens with one attached hydrogen (secondary N) is 1. The van der Waals surface area contributed by atoms with Gasteiger partial charge in [-0.1, -0.05) is 29.8 Å². The number of carbonyl (C=O) groups excluding carboxylic acids is 2. The van der Waals surface area contributed by atoms with Gasteiger partial charge in [0.15, 0.2) is 0 Å². The standard InChI is InChI=1S/C20H20N4O3/c1-14-7-9-15(10-8-14)22-18(25)11-23(2)19(26)12-24-13-21-17-6-4-3-5-16(17)20(24)27/h3-10,13H,11-12H2,1-2H3,(H,22,25). The zero-order valence-corrected chi connectivity index (χ0v) is 15.2. The van der Waals surface area contributed by atoms with Crippen molar-refractivity contribution in [2.75, 3.05) is 18.9 Å². The highest BCUT2D eigenvalue weighted by molar-refractivity contribution is 5.94. The van der Waals surface area contributed by atoms with Gasteiger partial charge in [0.05, 0.1) is 23.8 Å². The Hall–Kier alpha value is -3.48. The molecule has 27 heavy (non-hydrogen) atoms. The van der Waals surface area contributed by atoms with Crippen LogP contribution in [0.2, 0.25) is 0 Å². The van der Waals surface area contributed by atoms with E-state index < -0.39 is 0 Å². The van der Waals surface area contributed by atoms with Crippen molar-refractivity contribution in [3.8, 4) is 0 Å². The Morgan fingerprint density at radius 1 is 1.11 bits per heavy atom. The quantitative estimate of drug-likeness (QED) is 0.748. The molecule has 1 N–H and O–H groups in total. The number of hydrogen-bond acceptors (Lipinski definition) is 4. The van der Waals surface area contributed by atoms with E-state index in [0.717, 1.165) is 5.56 Å². The summed E-state index contributed by atoms with van der Waals surface area (Å²) in [6.07, 6.45) is 1.35. The van der Waals surface area contributed by atoms with Crippen LogP contribution < -0.4 is 10.9 Å². The van der Waals surface area contributed by atoms with E-state index in [1.807, 2.05) is 19.1 Å². The Morgan fingerprint density at radius 2 is 1.81 bits per heavy atom. The number of aromatic nitrogens is 2. The van der Waals surface area contributed by atoms with E-state index in [4.69, 9.17) is 0 Å². The molecule has 0 spiro atoms. The van der Waals surface area contributed by atoms with Crippen molar-refractivity contribution < 1.29 is 9.59 Å². The Labute approximate surface area is 156 Å². The third kappa shape index (κ3) is 4.38. The van der Waals surface area contributed by atoms with Crippen molar-refractivity contribution in [2.45, 2.75) is 13.5 Å². The molecular formula is C20H20N4O3. The normalized spacial score (nSPS) is 10.6. The molecule has 0 saturated carbocycles. The molecule has 3 rings (SSSR count). The van der Waals surface area contributed by atoms with Gasteiger partial charge in [0.25, 0.3) is 5.56 Å². The minimum Gasteiger partial charge on any atom is -0.335 e. The molecule has 7 nitrogen and oxygen atoms in total. The smallest absolute Gasteiger partial charge is 0.261 e. The zero-order chi connectivity index (χ0) is 19.4. The molecule has 7 heteroatoms. The molecule has 0 unspecified atom stereocenters. The monoisotopic (exact) mass is 364 g/mol. The van der Waals surface area contributed by atoms with Gasteiger partial charge in [-0.05, 0) is 31.2 Å². The van der Waals surface area contributed by atoms with Gasteiger partial charge in [-0.3, -0.25) is 19.0 Å². The van der Waals surface area contributed by atoms with Gasteiger partial charge in [0.1, 0.15) is 6.54 Å². The number of nitrogens with zero attached hydrogens (tertiary/aromatic N) is 3. The first kappa shape index (κ1) is 18.3. The van der Waals surface area contributed by atoms with Gasteiger partial charge in [0, 0.05) is 12.7 Å². The third-order valence-corrected chi connectivity index (χ3v) is 4.18. The Balaban J connectivity index is 1.63. The van der Waals surface area contributed by atoms with E-state index in [9.17, 15) is 14.4 Å². The minimum absolute atomic E-state index is 0.109. The van der Waals surface area contributed by atoms with Crippen LogP contribution in [0.3, 0.4) is 0 Å². The Kier molecular flexibility index (Phi) is 5.30. The fourth-order valence-corrected chi connectivity index (χ4v) is 2.63. The summed E-state index contributed by atoms with van der Waals surface area (Å²) in [4.78, 5) is 42.4. The van der Waals surface area contributed by atoms with Crippen molar-refractivity contribution in [1.29, 1.82) is 0 Å². The van der Waals surface area contributed by atoms with Crippen LogP contribution in [0.15, 0.2) is 59.7 Å². The van der Waals surface area contributed by atoms with Crippen LogP contribution >= 0.6 is 0 Å². The molecule has 0 aliphatic heterocycles. The number of fused-ring (bicyclic) bond motifs is 1. The summed E-state index contributed by atoms with van der Waals surface area (Å²) in [5.41, 5.74) is 2.06. The van der Waals surface area contributed by atoms with Crippen molar-refractivity contribution in [2.24, 2.45) is 0 Å². The second-order valence-corrected chi connectivity index (χ2v) is 6.36. The fourth-order valence-electron chi connectivity index (χ4n) is 2.63. The Bertz CT molecular complexity index is 1040. The van der Waals surface area contributed by atoms with E-state index in [2.05, 4.69) is 10.3 Å². The molecule has 138 valence electrons. The van der Waals surface area contributed by atoms with Crippen LogP contribution in [0.4, 0.5) is 5.69 Å². The van der Waals surface area contributed by atoms with Gasteiger partial charge >= 0.3 is 0 Å². The minimum atomic E-state index is -0.353. The second kappa shape index (κ2) is 7.82. The zero-order valence-electron chi connectivity index (χ0n) is 15.2. The predicted molar refractivity (Wildman–Crippen MR) is 103 cm³/mol. The molecule has 0 saturated heterocycles. The van der Waals surface area contributed by atoms with Crippen LogP contribution in [-0.4, -0.2) is 39.9 Å². The summed E-state index contributed by atoms with van der Waals surface area (Å²) in [5, 5.41) is 3.19. The first-order valence-corrected chi connectivity index (χ1v) is 8.49. The fraction of sp³-hybridized carbons (Fsp3) is 0.200. The van der Waals surface area contributed by atoms with Crippen LogP contribution in [0, 0.1) is 6.92 Å². The average Bonchev–Trinajstić information content (AvgIpc) is 2.66. The maximum atomic E-state index is 12.5. The summed E-state index contributed by atoms with van der Waals surface area (Å²) >= 11 is 0. The summed E-state index contributed by atoms with van der Waals surface area (Å²) < 4.78 is 1.25. The lowest BCUT2D eigenvalue weighted by Crippen LogP contribution is -2.38. The summed E-state index contributed by atoms with van der Waals surface area (Å²) in [6, 6.07) is 14.3. The van der Waals surface area contributed by atoms with Gasteiger partial charge in [-0.15, -0.1) is 0 Å². The molecule has 1 heterocycles. The van der Waals surface area contributed by atoms with Crippen LogP contribution in [0.5, 0.6) is 0 Å². The van der Waals surface area contributed by atoms with E-state index in [1.165, 1.54) is 22.8 Å². The number of rotatable bonds is 5. The first-order valence-electron chi connectivity index (χ1n) is 8.49. The lowest BCUT2D eigenvalue weighted by Gasteiger charge is -2.17. The highest BCUT2D eigenvalue weighted by Crippen LogP contribution is 2.08. The maximum Gasteiger partial charge on any atom is 0.261 e. The lowest BCUT2D eigenvalue weighted by molar-refractivity contribution is -0.133. The molecule has 1 aromatic heterocycles. The second-order valence-electron chi connectivity index (χ2n) is 6.36. The third-order valence-electron chi connectivity index (χ3n) is 4.18. The largest absolute Gasteiger partial charge is 0.335 e. The molecule has 0 fully saturated rings. The van der Waals surface area contributed by atoms with Crippen molar-refractivity contribution in [3.05, 3.63) is 70.8 Å². The number of likely N-dealkylation sites (N-methyl/N-ethyl adjacent to an activating group) is 1. The van der Waals surface area contributed by atoms with Gasteiger partial charge < -0.3 is 10.2 Å². The van der Waals surface area contributed by atoms with Crippen molar-refractivity contribution >= 4 is 28.4 Å². The van der Waals surface area contributed by atoms with E-state index in [1.54, 1.807) is 36.4 Å². The van der Waals surface area contributed by atoms with Crippen molar-refractivity contribution in [1.82, 2.24) is 14.5 Å². The number of amides is 2. The highest BCUT2D eigenvalue weighted by Gasteiger charge is 2.15. The number of aryl methyl sites for hydroxylation is 1. The lowest BCUT2D eigenvalue weighted by atomic mass is 10.2. The molecule has 2 aromatic carbocycles. The molecule has 3 aromatic rings. The van der Waals surface area contributed by atoms with Gasteiger partial charge in [0.2, 0.25) is 11.8 Å². The van der Waals surface area contributed by atoms with E-state index in [0.29, 0.717) is 16.6 Å². The van der Waals surface area contributed by atoms with E-state index >= 15 is 0 Å².